The third kappa shape index (κ3) is 4.09. The maximum absolute atomic E-state index is 6.03. The molecule has 0 bridgehead atoms. The molecule has 1 N–H and O–H groups in total. The Kier molecular flexibility index (Phi) is 5.21. The molecule has 1 aromatic carbocycles. The number of nitrogens with zero attached hydrogens (tertiary/aromatic N) is 2. The molecule has 106 valence electrons. The molecular formula is C15H17Cl2N3. The van der Waals surface area contributed by atoms with Gasteiger partial charge in [0.2, 0.25) is 0 Å². The molecule has 3 nitrogen and oxygen atoms in total. The molecule has 0 radical (unpaired) electrons. The Morgan fingerprint density at radius 3 is 2.60 bits per heavy atom. The first-order chi connectivity index (χ1) is 9.58. The number of halogens is 2. The second-order valence-corrected chi connectivity index (χ2v) is 5.48. The van der Waals surface area contributed by atoms with E-state index in [2.05, 4.69) is 22.2 Å². The highest BCUT2D eigenvalue weighted by Gasteiger charge is 2.05. The minimum Gasteiger partial charge on any atom is -0.370 e. The maximum Gasteiger partial charge on any atom is 0.135 e. The largest absolute Gasteiger partial charge is 0.370 e. The molecule has 1 heterocycles. The molecule has 0 aliphatic heterocycles. The van der Waals surface area contributed by atoms with Crippen LogP contribution in [-0.2, 0) is 6.42 Å². The summed E-state index contributed by atoms with van der Waals surface area (Å²) in [5.74, 6) is 1.65. The van der Waals surface area contributed by atoms with Gasteiger partial charge < -0.3 is 5.32 Å². The van der Waals surface area contributed by atoms with E-state index in [1.165, 1.54) is 0 Å². The van der Waals surface area contributed by atoms with E-state index >= 15 is 0 Å². The van der Waals surface area contributed by atoms with Crippen molar-refractivity contribution in [3.63, 3.8) is 0 Å². The molecule has 5 heteroatoms. The van der Waals surface area contributed by atoms with Crippen LogP contribution >= 0.6 is 23.2 Å². The average Bonchev–Trinajstić information content (AvgIpc) is 2.40. The molecule has 0 aliphatic carbocycles. The number of anilines is 1. The number of aryl methyl sites for hydroxylation is 1. The minimum atomic E-state index is 0.557. The quantitative estimate of drug-likeness (QED) is 0.883. The van der Waals surface area contributed by atoms with E-state index in [-0.39, 0.29) is 0 Å². The molecule has 0 saturated heterocycles. The summed E-state index contributed by atoms with van der Waals surface area (Å²) in [6.07, 6.45) is 1.70. The molecule has 1 aromatic heterocycles. The Labute approximate surface area is 129 Å². The fraction of sp³-hybridized carbons (Fsp3) is 0.333. The van der Waals surface area contributed by atoms with Crippen molar-refractivity contribution in [2.24, 2.45) is 0 Å². The predicted molar refractivity (Wildman–Crippen MR) is 84.8 cm³/mol. The first kappa shape index (κ1) is 15.1. The molecule has 0 unspecified atom stereocenters. The van der Waals surface area contributed by atoms with E-state index in [1.807, 2.05) is 25.1 Å². The van der Waals surface area contributed by atoms with Crippen molar-refractivity contribution in [1.82, 2.24) is 9.97 Å². The maximum atomic E-state index is 6.03. The summed E-state index contributed by atoms with van der Waals surface area (Å²) in [7, 11) is 0. The average molecular weight is 310 g/mol. The fourth-order valence-corrected chi connectivity index (χ4v) is 2.21. The second kappa shape index (κ2) is 6.91. The van der Waals surface area contributed by atoms with Crippen molar-refractivity contribution in [3.8, 4) is 0 Å². The molecule has 0 spiro atoms. The second-order valence-electron chi connectivity index (χ2n) is 4.66. The van der Waals surface area contributed by atoms with Gasteiger partial charge in [-0.1, -0.05) is 36.2 Å². The minimum absolute atomic E-state index is 0.557. The number of benzene rings is 1. The van der Waals surface area contributed by atoms with E-state index in [4.69, 9.17) is 23.2 Å². The zero-order chi connectivity index (χ0) is 14.5. The first-order valence-corrected chi connectivity index (χ1v) is 7.36. The topological polar surface area (TPSA) is 37.8 Å². The number of aromatic nitrogens is 2. The molecule has 0 aliphatic rings. The van der Waals surface area contributed by atoms with Gasteiger partial charge >= 0.3 is 0 Å². The molecule has 0 saturated carbocycles. The van der Waals surface area contributed by atoms with Gasteiger partial charge in [-0.05, 0) is 31.0 Å². The summed E-state index contributed by atoms with van der Waals surface area (Å²) in [4.78, 5) is 8.98. The lowest BCUT2D eigenvalue weighted by Crippen LogP contribution is -2.06. The number of hydrogen-bond acceptors (Lipinski definition) is 3. The number of nitrogens with one attached hydrogen (secondary N) is 1. The van der Waals surface area contributed by atoms with Gasteiger partial charge in [0, 0.05) is 24.7 Å². The molecule has 20 heavy (non-hydrogen) atoms. The van der Waals surface area contributed by atoms with Crippen LogP contribution in [0.3, 0.4) is 0 Å². The molecule has 0 atom stereocenters. The van der Waals surface area contributed by atoms with Gasteiger partial charge in [0.1, 0.15) is 11.6 Å². The summed E-state index contributed by atoms with van der Waals surface area (Å²) in [5.41, 5.74) is 2.00. The van der Waals surface area contributed by atoms with Gasteiger partial charge in [0.05, 0.1) is 10.0 Å². The highest BCUT2D eigenvalue weighted by atomic mass is 35.5. The Morgan fingerprint density at radius 1 is 1.10 bits per heavy atom. The fourth-order valence-electron chi connectivity index (χ4n) is 1.88. The van der Waals surface area contributed by atoms with Crippen LogP contribution in [0.2, 0.25) is 10.0 Å². The van der Waals surface area contributed by atoms with Gasteiger partial charge in [-0.3, -0.25) is 0 Å². The van der Waals surface area contributed by atoms with Crippen LogP contribution < -0.4 is 5.32 Å². The lowest BCUT2D eigenvalue weighted by atomic mass is 10.1. The summed E-state index contributed by atoms with van der Waals surface area (Å²) in [6, 6.07) is 7.55. The summed E-state index contributed by atoms with van der Waals surface area (Å²) < 4.78 is 0. The third-order valence-electron chi connectivity index (χ3n) is 2.80. The monoisotopic (exact) mass is 309 g/mol. The molecule has 0 fully saturated rings. The summed E-state index contributed by atoms with van der Waals surface area (Å²) >= 11 is 11.9. The normalized spacial score (nSPS) is 10.6. The van der Waals surface area contributed by atoms with Gasteiger partial charge in [0.15, 0.2) is 0 Å². The van der Waals surface area contributed by atoms with Gasteiger partial charge in [-0.2, -0.15) is 0 Å². The van der Waals surface area contributed by atoms with E-state index in [9.17, 15) is 0 Å². The zero-order valence-electron chi connectivity index (χ0n) is 11.6. The lowest BCUT2D eigenvalue weighted by Gasteiger charge is -2.08. The third-order valence-corrected chi connectivity index (χ3v) is 3.54. The summed E-state index contributed by atoms with van der Waals surface area (Å²) in [5, 5.41) is 4.40. The standard InChI is InChI=1S/C15H17Cl2N3/c1-3-6-18-14-7-10(2)19-15(20-14)9-11-4-5-12(16)13(17)8-11/h4-5,7-8H,3,6,9H2,1-2H3,(H,18,19,20). The van der Waals surface area contributed by atoms with E-state index in [0.717, 1.165) is 35.9 Å². The van der Waals surface area contributed by atoms with Crippen LogP contribution in [0.15, 0.2) is 24.3 Å². The van der Waals surface area contributed by atoms with Crippen molar-refractivity contribution in [2.75, 3.05) is 11.9 Å². The van der Waals surface area contributed by atoms with E-state index in [0.29, 0.717) is 16.5 Å². The van der Waals surface area contributed by atoms with Crippen LogP contribution in [-0.4, -0.2) is 16.5 Å². The number of rotatable bonds is 5. The first-order valence-electron chi connectivity index (χ1n) is 6.61. The van der Waals surface area contributed by atoms with Crippen LogP contribution in [0.25, 0.3) is 0 Å². The van der Waals surface area contributed by atoms with Crippen molar-refractivity contribution < 1.29 is 0 Å². The Morgan fingerprint density at radius 2 is 1.90 bits per heavy atom. The molecular weight excluding hydrogens is 293 g/mol. The summed E-state index contributed by atoms with van der Waals surface area (Å²) in [6.45, 7) is 5.00. The molecule has 2 aromatic rings. The molecule has 2 rings (SSSR count). The number of hydrogen-bond donors (Lipinski definition) is 1. The highest BCUT2D eigenvalue weighted by Crippen LogP contribution is 2.23. The van der Waals surface area contributed by atoms with Gasteiger partial charge in [-0.15, -0.1) is 0 Å². The van der Waals surface area contributed by atoms with Crippen molar-refractivity contribution >= 4 is 29.0 Å². The SMILES string of the molecule is CCCNc1cc(C)nc(Cc2ccc(Cl)c(Cl)c2)n1. The predicted octanol–water partition coefficient (Wildman–Crippen LogP) is 4.50. The van der Waals surface area contributed by atoms with E-state index in [1.54, 1.807) is 6.07 Å². The Hall–Kier alpha value is -1.32. The Bertz CT molecular complexity index is 600. The Balaban J connectivity index is 2.19. The lowest BCUT2D eigenvalue weighted by molar-refractivity contribution is 0.917. The van der Waals surface area contributed by atoms with Crippen LogP contribution in [0, 0.1) is 6.92 Å². The van der Waals surface area contributed by atoms with Crippen LogP contribution in [0.4, 0.5) is 5.82 Å². The smallest absolute Gasteiger partial charge is 0.135 e. The van der Waals surface area contributed by atoms with Crippen molar-refractivity contribution in [2.45, 2.75) is 26.7 Å². The zero-order valence-corrected chi connectivity index (χ0v) is 13.1. The van der Waals surface area contributed by atoms with Crippen molar-refractivity contribution in [1.29, 1.82) is 0 Å². The van der Waals surface area contributed by atoms with Gasteiger partial charge in [-0.25, -0.2) is 9.97 Å². The van der Waals surface area contributed by atoms with Crippen molar-refractivity contribution in [3.05, 3.63) is 51.4 Å². The highest BCUT2D eigenvalue weighted by molar-refractivity contribution is 6.42. The van der Waals surface area contributed by atoms with Gasteiger partial charge in [0.25, 0.3) is 0 Å². The van der Waals surface area contributed by atoms with Crippen LogP contribution in [0.1, 0.15) is 30.4 Å². The van der Waals surface area contributed by atoms with Crippen LogP contribution in [0.5, 0.6) is 0 Å². The molecule has 0 amide bonds. The van der Waals surface area contributed by atoms with E-state index < -0.39 is 0 Å².